The average Bonchev–Trinajstić information content (AvgIpc) is 1.96. The molecule has 0 aromatic carbocycles. The lowest BCUT2D eigenvalue weighted by Gasteiger charge is -2.36. The standard InChI is InChI=1S/C7H12N2O3/c8-5(6(10)11)1-2-7(9)3-12-4-7/h1H,2-4,8-9H2,(H,10,11)/b5-1-. The van der Waals surface area contributed by atoms with E-state index in [1.165, 1.54) is 6.08 Å². The molecule has 0 amide bonds. The number of ether oxygens (including phenoxy) is 1. The van der Waals surface area contributed by atoms with Gasteiger partial charge < -0.3 is 21.3 Å². The molecule has 0 aromatic heterocycles. The largest absolute Gasteiger partial charge is 0.477 e. The van der Waals surface area contributed by atoms with Crippen molar-refractivity contribution < 1.29 is 14.6 Å². The van der Waals surface area contributed by atoms with Gasteiger partial charge in [-0.1, -0.05) is 6.08 Å². The monoisotopic (exact) mass is 172 g/mol. The van der Waals surface area contributed by atoms with Crippen LogP contribution < -0.4 is 11.5 Å². The molecular weight excluding hydrogens is 160 g/mol. The number of aliphatic carboxylic acids is 1. The number of hydrogen-bond acceptors (Lipinski definition) is 4. The molecule has 5 N–H and O–H groups in total. The Bertz CT molecular complexity index is 221. The summed E-state index contributed by atoms with van der Waals surface area (Å²) < 4.78 is 4.89. The van der Waals surface area contributed by atoms with Gasteiger partial charge in [0.15, 0.2) is 0 Å². The van der Waals surface area contributed by atoms with Crippen LogP contribution in [0.15, 0.2) is 11.8 Å². The highest BCUT2D eigenvalue weighted by molar-refractivity contribution is 5.85. The van der Waals surface area contributed by atoms with Crippen LogP contribution in [0.1, 0.15) is 6.42 Å². The Morgan fingerprint density at radius 2 is 2.25 bits per heavy atom. The van der Waals surface area contributed by atoms with Crippen LogP contribution in [0.4, 0.5) is 0 Å². The number of carbonyl (C=O) groups is 1. The molecule has 0 aliphatic carbocycles. The summed E-state index contributed by atoms with van der Waals surface area (Å²) in [6.45, 7) is 0.937. The van der Waals surface area contributed by atoms with Crippen LogP contribution >= 0.6 is 0 Å². The van der Waals surface area contributed by atoms with Crippen molar-refractivity contribution in [1.29, 1.82) is 0 Å². The van der Waals surface area contributed by atoms with E-state index >= 15 is 0 Å². The SMILES string of the molecule is N/C(=C\CC1(N)COC1)C(=O)O. The Morgan fingerprint density at radius 3 is 2.58 bits per heavy atom. The van der Waals surface area contributed by atoms with Gasteiger partial charge in [-0.2, -0.15) is 0 Å². The molecule has 0 aromatic rings. The van der Waals surface area contributed by atoms with E-state index in [0.717, 1.165) is 0 Å². The summed E-state index contributed by atoms with van der Waals surface area (Å²) in [5, 5.41) is 8.40. The molecule has 1 rings (SSSR count). The Morgan fingerprint density at radius 1 is 1.67 bits per heavy atom. The van der Waals surface area contributed by atoms with E-state index in [1.54, 1.807) is 0 Å². The molecular formula is C7H12N2O3. The second-order valence-electron chi connectivity index (χ2n) is 3.02. The lowest BCUT2D eigenvalue weighted by molar-refractivity contribution is -0.132. The lowest BCUT2D eigenvalue weighted by atomic mass is 9.94. The molecule has 1 heterocycles. The number of nitrogens with two attached hydrogens (primary N) is 2. The Labute approximate surface area is 70.0 Å². The second-order valence-corrected chi connectivity index (χ2v) is 3.02. The highest BCUT2D eigenvalue weighted by Crippen LogP contribution is 2.18. The van der Waals surface area contributed by atoms with Crippen molar-refractivity contribution in [1.82, 2.24) is 0 Å². The Balaban J connectivity index is 2.42. The molecule has 0 saturated carbocycles. The number of carboxylic acids is 1. The summed E-state index contributed by atoms with van der Waals surface area (Å²) in [4.78, 5) is 10.3. The third-order valence-electron chi connectivity index (χ3n) is 1.75. The summed E-state index contributed by atoms with van der Waals surface area (Å²) in [6, 6.07) is 0. The summed E-state index contributed by atoms with van der Waals surface area (Å²) in [7, 11) is 0. The first-order valence-corrected chi connectivity index (χ1v) is 3.59. The van der Waals surface area contributed by atoms with E-state index in [-0.39, 0.29) is 5.70 Å². The van der Waals surface area contributed by atoms with Crippen LogP contribution in [0.3, 0.4) is 0 Å². The van der Waals surface area contributed by atoms with E-state index in [4.69, 9.17) is 21.3 Å². The topological polar surface area (TPSA) is 98.6 Å². The molecule has 1 aliphatic heterocycles. The van der Waals surface area contributed by atoms with Crippen LogP contribution in [0.5, 0.6) is 0 Å². The predicted octanol–water partition coefficient (Wildman–Crippen LogP) is -0.969. The third-order valence-corrected chi connectivity index (χ3v) is 1.75. The van der Waals surface area contributed by atoms with Crippen molar-refractivity contribution >= 4 is 5.97 Å². The first kappa shape index (κ1) is 9.02. The van der Waals surface area contributed by atoms with Crippen molar-refractivity contribution in [3.05, 3.63) is 11.8 Å². The molecule has 5 nitrogen and oxygen atoms in total. The molecule has 1 saturated heterocycles. The van der Waals surface area contributed by atoms with E-state index in [1.807, 2.05) is 0 Å². The number of hydrogen-bond donors (Lipinski definition) is 3. The molecule has 0 atom stereocenters. The van der Waals surface area contributed by atoms with Gasteiger partial charge in [-0.15, -0.1) is 0 Å². The first-order valence-electron chi connectivity index (χ1n) is 3.59. The molecule has 1 aliphatic rings. The minimum absolute atomic E-state index is 0.160. The maximum absolute atomic E-state index is 10.3. The van der Waals surface area contributed by atoms with E-state index in [2.05, 4.69) is 0 Å². The van der Waals surface area contributed by atoms with Gasteiger partial charge in [0.05, 0.1) is 18.8 Å². The van der Waals surface area contributed by atoms with Crippen LogP contribution in [0.25, 0.3) is 0 Å². The van der Waals surface area contributed by atoms with Crippen molar-refractivity contribution in [2.24, 2.45) is 11.5 Å². The molecule has 0 bridgehead atoms. The fourth-order valence-corrected chi connectivity index (χ4v) is 0.883. The minimum atomic E-state index is -1.11. The minimum Gasteiger partial charge on any atom is -0.477 e. The Kier molecular flexibility index (Phi) is 2.35. The highest BCUT2D eigenvalue weighted by atomic mass is 16.5. The highest BCUT2D eigenvalue weighted by Gasteiger charge is 2.32. The van der Waals surface area contributed by atoms with E-state index in [0.29, 0.717) is 19.6 Å². The first-order chi connectivity index (χ1) is 5.53. The van der Waals surface area contributed by atoms with E-state index in [9.17, 15) is 4.79 Å². The fraction of sp³-hybridized carbons (Fsp3) is 0.571. The van der Waals surface area contributed by atoms with Crippen molar-refractivity contribution in [3.63, 3.8) is 0 Å². The molecule has 1 fully saturated rings. The maximum Gasteiger partial charge on any atom is 0.351 e. The Hall–Kier alpha value is -1.07. The molecule has 0 spiro atoms. The summed E-state index contributed by atoms with van der Waals surface area (Å²) >= 11 is 0. The molecule has 68 valence electrons. The van der Waals surface area contributed by atoms with Crippen LogP contribution in [-0.4, -0.2) is 29.8 Å². The zero-order valence-electron chi connectivity index (χ0n) is 6.62. The zero-order chi connectivity index (χ0) is 9.19. The molecule has 0 unspecified atom stereocenters. The van der Waals surface area contributed by atoms with Crippen molar-refractivity contribution in [2.75, 3.05) is 13.2 Å². The van der Waals surface area contributed by atoms with Crippen LogP contribution in [0.2, 0.25) is 0 Å². The number of rotatable bonds is 3. The average molecular weight is 172 g/mol. The molecule has 5 heteroatoms. The van der Waals surface area contributed by atoms with Gasteiger partial charge in [-0.3, -0.25) is 0 Å². The van der Waals surface area contributed by atoms with Crippen molar-refractivity contribution in [3.8, 4) is 0 Å². The van der Waals surface area contributed by atoms with Crippen molar-refractivity contribution in [2.45, 2.75) is 12.0 Å². The predicted molar refractivity (Wildman–Crippen MR) is 42.3 cm³/mol. The third kappa shape index (κ3) is 1.96. The number of carboxylic acid groups (broad SMARTS) is 1. The van der Waals surface area contributed by atoms with Crippen LogP contribution in [0, 0.1) is 0 Å². The molecule has 12 heavy (non-hydrogen) atoms. The van der Waals surface area contributed by atoms with Gasteiger partial charge in [0.1, 0.15) is 5.70 Å². The van der Waals surface area contributed by atoms with Gasteiger partial charge in [0.2, 0.25) is 0 Å². The van der Waals surface area contributed by atoms with E-state index < -0.39 is 11.5 Å². The molecule has 0 radical (unpaired) electrons. The summed E-state index contributed by atoms with van der Waals surface area (Å²) in [5.74, 6) is -1.11. The maximum atomic E-state index is 10.3. The normalized spacial score (nSPS) is 21.6. The second kappa shape index (κ2) is 3.12. The lowest BCUT2D eigenvalue weighted by Crippen LogP contribution is -2.57. The summed E-state index contributed by atoms with van der Waals surface area (Å²) in [5.41, 5.74) is 10.3. The van der Waals surface area contributed by atoms with Crippen LogP contribution in [-0.2, 0) is 9.53 Å². The van der Waals surface area contributed by atoms with Gasteiger partial charge in [0, 0.05) is 0 Å². The van der Waals surface area contributed by atoms with Gasteiger partial charge >= 0.3 is 5.97 Å². The van der Waals surface area contributed by atoms with Gasteiger partial charge in [-0.25, -0.2) is 4.79 Å². The summed E-state index contributed by atoms with van der Waals surface area (Å²) in [6.07, 6.45) is 1.87. The van der Waals surface area contributed by atoms with Gasteiger partial charge in [0.25, 0.3) is 0 Å². The van der Waals surface area contributed by atoms with Gasteiger partial charge in [-0.05, 0) is 6.42 Å². The smallest absolute Gasteiger partial charge is 0.351 e. The fourth-order valence-electron chi connectivity index (χ4n) is 0.883. The zero-order valence-corrected chi connectivity index (χ0v) is 6.62. The quantitative estimate of drug-likeness (QED) is 0.476.